The van der Waals surface area contributed by atoms with Crippen molar-refractivity contribution in [1.29, 1.82) is 0 Å². The van der Waals surface area contributed by atoms with Gasteiger partial charge < -0.3 is 5.73 Å². The number of hydrogen-bond donors (Lipinski definition) is 2. The Kier molecular flexibility index (Phi) is 5.90. The summed E-state index contributed by atoms with van der Waals surface area (Å²) in [6, 6.07) is 1.39. The summed E-state index contributed by atoms with van der Waals surface area (Å²) < 4.78 is 38.2. The average Bonchev–Trinajstić information content (AvgIpc) is 2.31. The van der Waals surface area contributed by atoms with Gasteiger partial charge in [-0.2, -0.15) is 0 Å². The summed E-state index contributed by atoms with van der Waals surface area (Å²) in [5.41, 5.74) is 5.56. The maximum Gasteiger partial charge on any atom is 0.244 e. The zero-order valence-electron chi connectivity index (χ0n) is 10.6. The van der Waals surface area contributed by atoms with Crippen LogP contribution in [0.25, 0.3) is 0 Å². The van der Waals surface area contributed by atoms with E-state index in [1.165, 1.54) is 12.3 Å². The third-order valence-corrected chi connectivity index (χ3v) is 5.84. The molecule has 0 radical (unpaired) electrons. The molecule has 3 N–H and O–H groups in total. The Bertz CT molecular complexity index is 577. The summed E-state index contributed by atoms with van der Waals surface area (Å²) in [5.74, 6) is -0.0529. The van der Waals surface area contributed by atoms with Crippen LogP contribution >= 0.6 is 15.9 Å². The number of aromatic nitrogens is 1. The minimum absolute atomic E-state index is 0.0529. The summed E-state index contributed by atoms with van der Waals surface area (Å²) in [7, 11) is -4.67. The zero-order valence-corrected chi connectivity index (χ0v) is 13.8. The van der Waals surface area contributed by atoms with E-state index in [1.54, 1.807) is 13.2 Å². The van der Waals surface area contributed by atoms with E-state index in [9.17, 15) is 12.6 Å². The molecule has 6 nitrogen and oxygen atoms in total. The van der Waals surface area contributed by atoms with Gasteiger partial charge in [-0.15, -0.1) is 0 Å². The van der Waals surface area contributed by atoms with E-state index in [2.05, 4.69) is 25.6 Å². The molecular weight excluding hydrogens is 354 g/mol. The van der Waals surface area contributed by atoms with E-state index in [0.29, 0.717) is 10.9 Å². The predicted octanol–water partition coefficient (Wildman–Crippen LogP) is 0.862. The fraction of sp³-hybridized carbons (Fsp3) is 0.500. The van der Waals surface area contributed by atoms with Crippen molar-refractivity contribution in [3.63, 3.8) is 0 Å². The van der Waals surface area contributed by atoms with Gasteiger partial charge >= 0.3 is 0 Å². The van der Waals surface area contributed by atoms with E-state index in [1.807, 2.05) is 0 Å². The highest BCUT2D eigenvalue weighted by molar-refractivity contribution is 9.10. The first-order valence-corrected chi connectivity index (χ1v) is 9.36. The van der Waals surface area contributed by atoms with Crippen LogP contribution in [0.5, 0.6) is 0 Å². The van der Waals surface area contributed by atoms with E-state index < -0.39 is 20.8 Å². The van der Waals surface area contributed by atoms with E-state index in [0.717, 1.165) is 0 Å². The number of rotatable bonds is 6. The van der Waals surface area contributed by atoms with Crippen LogP contribution in [0.1, 0.15) is 13.3 Å². The van der Waals surface area contributed by atoms with Gasteiger partial charge in [0.2, 0.25) is 10.0 Å². The molecule has 1 aromatic rings. The van der Waals surface area contributed by atoms with Gasteiger partial charge in [-0.3, -0.25) is 4.21 Å². The summed E-state index contributed by atoms with van der Waals surface area (Å²) in [6.45, 7) is 2.01. The molecule has 9 heteroatoms. The van der Waals surface area contributed by atoms with Crippen molar-refractivity contribution >= 4 is 42.6 Å². The fourth-order valence-corrected chi connectivity index (χ4v) is 3.37. The molecule has 1 heterocycles. The van der Waals surface area contributed by atoms with Crippen LogP contribution in [0, 0.1) is 0 Å². The predicted molar refractivity (Wildman–Crippen MR) is 79.7 cm³/mol. The quantitative estimate of drug-likeness (QED) is 0.773. The number of sulfonamides is 1. The molecule has 0 aliphatic rings. The molecule has 0 aromatic carbocycles. The van der Waals surface area contributed by atoms with Crippen LogP contribution in [0.15, 0.2) is 21.6 Å². The normalized spacial score (nSPS) is 15.1. The molecule has 0 aliphatic carbocycles. The molecule has 19 heavy (non-hydrogen) atoms. The molecule has 0 fully saturated rings. The first-order chi connectivity index (χ1) is 8.74. The number of pyridine rings is 1. The molecule has 2 atom stereocenters. The third kappa shape index (κ3) is 4.83. The lowest BCUT2D eigenvalue weighted by Gasteiger charge is -2.11. The van der Waals surface area contributed by atoms with Crippen molar-refractivity contribution < 1.29 is 12.6 Å². The van der Waals surface area contributed by atoms with Gasteiger partial charge in [0.05, 0.1) is 0 Å². The second kappa shape index (κ2) is 6.78. The number of hydrogen-bond acceptors (Lipinski definition) is 5. The van der Waals surface area contributed by atoms with Crippen LogP contribution in [-0.2, 0) is 20.8 Å². The second-order valence-corrected chi connectivity index (χ2v) is 8.49. The maximum atomic E-state index is 12.0. The lowest BCUT2D eigenvalue weighted by Crippen LogP contribution is -2.28. The molecule has 0 amide bonds. The molecule has 108 valence electrons. The summed E-state index contributed by atoms with van der Waals surface area (Å²) in [5, 5.41) is -0.0688. The van der Waals surface area contributed by atoms with Gasteiger partial charge in [-0.25, -0.2) is 18.1 Å². The number of nitrogens with two attached hydrogens (primary N) is 1. The third-order valence-electron chi connectivity index (χ3n) is 2.55. The highest BCUT2D eigenvalue weighted by atomic mass is 79.9. The first-order valence-electron chi connectivity index (χ1n) is 5.47. The number of anilines is 1. The van der Waals surface area contributed by atoms with Gasteiger partial charge in [-0.1, -0.05) is 6.92 Å². The van der Waals surface area contributed by atoms with Crippen molar-refractivity contribution in [3.05, 3.63) is 16.7 Å². The van der Waals surface area contributed by atoms with Crippen LogP contribution in [-0.4, -0.2) is 35.7 Å². The van der Waals surface area contributed by atoms with E-state index in [4.69, 9.17) is 5.73 Å². The average molecular weight is 370 g/mol. The van der Waals surface area contributed by atoms with Gasteiger partial charge in [0.15, 0.2) is 0 Å². The standard InChI is InChI=1S/C10H16BrN3O3S2/c1-7(18(2)15)3-4-14-19(16,17)9-5-8(11)6-13-10(9)12/h5-7,14H,3-4H2,1-2H3,(H2,12,13). The van der Waals surface area contributed by atoms with Crippen LogP contribution in [0.4, 0.5) is 5.82 Å². The van der Waals surface area contributed by atoms with Crippen molar-refractivity contribution in [1.82, 2.24) is 9.71 Å². The van der Waals surface area contributed by atoms with Crippen molar-refractivity contribution in [2.24, 2.45) is 0 Å². The Hall–Kier alpha value is -0.510. The Morgan fingerprint density at radius 2 is 2.21 bits per heavy atom. The summed E-state index contributed by atoms with van der Waals surface area (Å²) >= 11 is 3.15. The minimum atomic E-state index is -3.70. The molecule has 1 rings (SSSR count). The number of nitrogens with one attached hydrogen (secondary N) is 1. The van der Waals surface area contributed by atoms with E-state index >= 15 is 0 Å². The van der Waals surface area contributed by atoms with Crippen LogP contribution in [0.2, 0.25) is 0 Å². The molecule has 0 bridgehead atoms. The van der Waals surface area contributed by atoms with Gasteiger partial charge in [-0.05, 0) is 28.4 Å². The van der Waals surface area contributed by atoms with Crippen molar-refractivity contribution in [2.75, 3.05) is 18.5 Å². The minimum Gasteiger partial charge on any atom is -0.383 e. The molecular formula is C10H16BrN3O3S2. The molecule has 0 spiro atoms. The fourth-order valence-electron chi connectivity index (χ4n) is 1.29. The van der Waals surface area contributed by atoms with E-state index in [-0.39, 0.29) is 22.5 Å². The van der Waals surface area contributed by atoms with Crippen LogP contribution < -0.4 is 10.5 Å². The van der Waals surface area contributed by atoms with Gasteiger partial charge in [0.1, 0.15) is 10.7 Å². The smallest absolute Gasteiger partial charge is 0.244 e. The van der Waals surface area contributed by atoms with Gasteiger partial charge in [0, 0.05) is 39.5 Å². The number of nitrogens with zero attached hydrogens (tertiary/aromatic N) is 1. The lowest BCUT2D eigenvalue weighted by molar-refractivity contribution is 0.578. The summed E-state index contributed by atoms with van der Waals surface area (Å²) in [4.78, 5) is 3.72. The molecule has 0 saturated heterocycles. The zero-order chi connectivity index (χ0) is 14.6. The highest BCUT2D eigenvalue weighted by Gasteiger charge is 2.19. The topological polar surface area (TPSA) is 102 Å². The Balaban J connectivity index is 2.76. The SMILES string of the molecule is CC(CCNS(=O)(=O)c1cc(Br)cnc1N)S(C)=O. The maximum absolute atomic E-state index is 12.0. The molecule has 0 aliphatic heterocycles. The largest absolute Gasteiger partial charge is 0.383 e. The Labute approximate surface area is 123 Å². The lowest BCUT2D eigenvalue weighted by atomic mass is 10.3. The second-order valence-electron chi connectivity index (χ2n) is 4.03. The Morgan fingerprint density at radius 1 is 1.58 bits per heavy atom. The number of halogens is 1. The first kappa shape index (κ1) is 16.5. The molecule has 1 aromatic heterocycles. The monoisotopic (exact) mass is 369 g/mol. The Morgan fingerprint density at radius 3 is 2.79 bits per heavy atom. The van der Waals surface area contributed by atoms with Crippen molar-refractivity contribution in [3.8, 4) is 0 Å². The van der Waals surface area contributed by atoms with Crippen molar-refractivity contribution in [2.45, 2.75) is 23.5 Å². The summed E-state index contributed by atoms with van der Waals surface area (Å²) in [6.07, 6.45) is 3.51. The number of nitrogen functional groups attached to an aromatic ring is 1. The molecule has 2 unspecified atom stereocenters. The van der Waals surface area contributed by atoms with Gasteiger partial charge in [0.25, 0.3) is 0 Å². The van der Waals surface area contributed by atoms with Crippen LogP contribution in [0.3, 0.4) is 0 Å². The molecule has 0 saturated carbocycles. The highest BCUT2D eigenvalue weighted by Crippen LogP contribution is 2.20.